The topological polar surface area (TPSA) is 70.1 Å². The number of methoxy groups -OCH3 is 1. The van der Waals surface area contributed by atoms with E-state index in [1.165, 1.54) is 0 Å². The lowest BCUT2D eigenvalue weighted by Crippen LogP contribution is -2.39. The zero-order valence-electron chi connectivity index (χ0n) is 11.8. The Bertz CT molecular complexity index is 448. The highest BCUT2D eigenvalue weighted by atomic mass is 16.5. The molecule has 0 radical (unpaired) electrons. The third kappa shape index (κ3) is 2.97. The molecule has 0 bridgehead atoms. The van der Waals surface area contributed by atoms with Gasteiger partial charge in [-0.05, 0) is 19.3 Å². The summed E-state index contributed by atoms with van der Waals surface area (Å²) in [4.78, 5) is 12.5. The third-order valence-corrected chi connectivity index (χ3v) is 3.84. The van der Waals surface area contributed by atoms with Crippen LogP contribution in [-0.2, 0) is 6.54 Å². The van der Waals surface area contributed by atoms with E-state index in [1.54, 1.807) is 18.0 Å². The molecule has 0 atom stereocenters. The Morgan fingerprint density at radius 3 is 2.79 bits per heavy atom. The summed E-state index contributed by atoms with van der Waals surface area (Å²) in [6.45, 7) is 2.78. The van der Waals surface area contributed by atoms with Gasteiger partial charge in [-0.25, -0.2) is 0 Å². The van der Waals surface area contributed by atoms with Crippen LogP contribution in [0.1, 0.15) is 55.9 Å². The third-order valence-electron chi connectivity index (χ3n) is 3.84. The number of nitrogens with two attached hydrogens (primary N) is 1. The van der Waals surface area contributed by atoms with E-state index in [2.05, 4.69) is 12.0 Å². The van der Waals surface area contributed by atoms with E-state index in [-0.39, 0.29) is 11.3 Å². The minimum Gasteiger partial charge on any atom is -0.493 e. The minimum atomic E-state index is -0.330. The van der Waals surface area contributed by atoms with Crippen molar-refractivity contribution in [2.24, 2.45) is 5.73 Å². The number of nitrogens with zero attached hydrogens (tertiary/aromatic N) is 2. The summed E-state index contributed by atoms with van der Waals surface area (Å²) in [5.41, 5.74) is 6.53. The lowest BCUT2D eigenvalue weighted by atomic mass is 9.91. The van der Waals surface area contributed by atoms with Crippen molar-refractivity contribution in [1.82, 2.24) is 9.78 Å². The molecule has 0 spiro atoms. The van der Waals surface area contributed by atoms with E-state index in [1.807, 2.05) is 0 Å². The van der Waals surface area contributed by atoms with Gasteiger partial charge in [-0.1, -0.05) is 19.8 Å². The Balaban J connectivity index is 2.19. The van der Waals surface area contributed by atoms with Gasteiger partial charge in [0.25, 0.3) is 0 Å². The Morgan fingerprint density at radius 2 is 2.21 bits per heavy atom. The number of Topliss-reactive ketones (excluding diaryl/α,β-unsaturated/α-hetero) is 1. The molecule has 1 aromatic rings. The van der Waals surface area contributed by atoms with E-state index >= 15 is 0 Å². The second-order valence-electron chi connectivity index (χ2n) is 5.45. The van der Waals surface area contributed by atoms with Gasteiger partial charge in [-0.15, -0.1) is 0 Å². The summed E-state index contributed by atoms with van der Waals surface area (Å²) < 4.78 is 6.98. The number of rotatable bonds is 6. The van der Waals surface area contributed by atoms with Gasteiger partial charge in [0, 0.05) is 18.5 Å². The maximum atomic E-state index is 12.5. The summed E-state index contributed by atoms with van der Waals surface area (Å²) in [5.74, 6) is 0.604. The molecule has 5 nitrogen and oxygen atoms in total. The number of hydrogen-bond donors (Lipinski definition) is 1. The highest BCUT2D eigenvalue weighted by molar-refractivity contribution is 5.97. The van der Waals surface area contributed by atoms with E-state index in [4.69, 9.17) is 10.5 Å². The minimum absolute atomic E-state index is 0.0483. The zero-order valence-corrected chi connectivity index (χ0v) is 11.8. The van der Waals surface area contributed by atoms with Gasteiger partial charge in [0.1, 0.15) is 5.69 Å². The van der Waals surface area contributed by atoms with E-state index in [0.717, 1.165) is 38.6 Å². The molecular weight excluding hydrogens is 242 g/mol. The van der Waals surface area contributed by atoms with Gasteiger partial charge in [-0.3, -0.25) is 9.48 Å². The smallest absolute Gasteiger partial charge is 0.186 e. The van der Waals surface area contributed by atoms with Crippen molar-refractivity contribution in [3.8, 4) is 5.75 Å². The quantitative estimate of drug-likeness (QED) is 0.800. The molecule has 1 aromatic heterocycles. The molecule has 1 aliphatic rings. The SMILES string of the molecule is CCCn1ncc(OC)c1C(=O)CC1(N)CCCC1. The predicted octanol–water partition coefficient (Wildman–Crippen LogP) is 2.15. The van der Waals surface area contributed by atoms with Crippen LogP contribution in [0.2, 0.25) is 0 Å². The van der Waals surface area contributed by atoms with Gasteiger partial charge in [-0.2, -0.15) is 5.10 Å². The van der Waals surface area contributed by atoms with Gasteiger partial charge >= 0.3 is 0 Å². The van der Waals surface area contributed by atoms with Gasteiger partial charge < -0.3 is 10.5 Å². The molecule has 0 saturated heterocycles. The maximum absolute atomic E-state index is 12.5. The van der Waals surface area contributed by atoms with Gasteiger partial charge in [0.05, 0.1) is 13.3 Å². The average molecular weight is 265 g/mol. The van der Waals surface area contributed by atoms with Gasteiger partial charge in [0.15, 0.2) is 11.5 Å². The van der Waals surface area contributed by atoms with E-state index < -0.39 is 0 Å². The summed E-state index contributed by atoms with van der Waals surface area (Å²) in [7, 11) is 1.57. The normalized spacial score (nSPS) is 17.6. The largest absolute Gasteiger partial charge is 0.493 e. The summed E-state index contributed by atoms with van der Waals surface area (Å²) in [5, 5.41) is 4.23. The molecule has 0 amide bonds. The molecule has 1 saturated carbocycles. The lowest BCUT2D eigenvalue weighted by Gasteiger charge is -2.22. The molecule has 0 unspecified atom stereocenters. The highest BCUT2D eigenvalue weighted by Crippen LogP contribution is 2.32. The molecule has 1 aliphatic carbocycles. The monoisotopic (exact) mass is 265 g/mol. The number of aromatic nitrogens is 2. The Labute approximate surface area is 114 Å². The van der Waals surface area contributed by atoms with Crippen molar-refractivity contribution in [3.63, 3.8) is 0 Å². The van der Waals surface area contributed by atoms with Crippen LogP contribution >= 0.6 is 0 Å². The van der Waals surface area contributed by atoms with Crippen molar-refractivity contribution in [2.45, 2.75) is 57.5 Å². The molecule has 2 rings (SSSR count). The van der Waals surface area contributed by atoms with Crippen LogP contribution < -0.4 is 10.5 Å². The molecule has 19 heavy (non-hydrogen) atoms. The standard InChI is InChI=1S/C14H23N3O2/c1-3-8-17-13(12(19-2)10-16-17)11(18)9-14(15)6-4-5-7-14/h10H,3-9,15H2,1-2H3. The van der Waals surface area contributed by atoms with E-state index in [9.17, 15) is 4.79 Å². The highest BCUT2D eigenvalue weighted by Gasteiger charge is 2.34. The number of hydrogen-bond acceptors (Lipinski definition) is 4. The van der Waals surface area contributed by atoms with Crippen molar-refractivity contribution >= 4 is 5.78 Å². The summed E-state index contributed by atoms with van der Waals surface area (Å²) >= 11 is 0. The Morgan fingerprint density at radius 1 is 1.53 bits per heavy atom. The molecule has 5 heteroatoms. The van der Waals surface area contributed by atoms with Crippen molar-refractivity contribution in [2.75, 3.05) is 7.11 Å². The first-order valence-electron chi connectivity index (χ1n) is 7.01. The summed E-state index contributed by atoms with van der Waals surface area (Å²) in [6, 6.07) is 0. The fourth-order valence-electron chi connectivity index (χ4n) is 2.84. The Hall–Kier alpha value is -1.36. The molecule has 0 aliphatic heterocycles. The second kappa shape index (κ2) is 5.74. The molecular formula is C14H23N3O2. The lowest BCUT2D eigenvalue weighted by molar-refractivity contribution is 0.0938. The predicted molar refractivity (Wildman–Crippen MR) is 73.4 cm³/mol. The second-order valence-corrected chi connectivity index (χ2v) is 5.45. The van der Waals surface area contributed by atoms with Crippen molar-refractivity contribution < 1.29 is 9.53 Å². The van der Waals surface area contributed by atoms with Crippen LogP contribution in [-0.4, -0.2) is 28.2 Å². The van der Waals surface area contributed by atoms with Crippen LogP contribution in [0.25, 0.3) is 0 Å². The molecule has 1 heterocycles. The molecule has 1 fully saturated rings. The summed E-state index contributed by atoms with van der Waals surface area (Å²) in [6.07, 6.45) is 7.04. The number of ketones is 1. The number of carbonyl (C=O) groups excluding carboxylic acids is 1. The molecule has 2 N–H and O–H groups in total. The molecule has 0 aromatic carbocycles. The van der Waals surface area contributed by atoms with Crippen molar-refractivity contribution in [3.05, 3.63) is 11.9 Å². The zero-order chi connectivity index (χ0) is 13.9. The number of ether oxygens (including phenoxy) is 1. The average Bonchev–Trinajstić information content (AvgIpc) is 2.96. The first-order chi connectivity index (χ1) is 9.09. The van der Waals surface area contributed by atoms with Gasteiger partial charge in [0.2, 0.25) is 0 Å². The van der Waals surface area contributed by atoms with Crippen LogP contribution in [0.5, 0.6) is 5.75 Å². The fraction of sp³-hybridized carbons (Fsp3) is 0.714. The van der Waals surface area contributed by atoms with Crippen molar-refractivity contribution in [1.29, 1.82) is 0 Å². The van der Waals surface area contributed by atoms with Crippen LogP contribution in [0.15, 0.2) is 6.20 Å². The fourth-order valence-corrected chi connectivity index (χ4v) is 2.84. The van der Waals surface area contributed by atoms with Crippen LogP contribution in [0.3, 0.4) is 0 Å². The first-order valence-corrected chi connectivity index (χ1v) is 7.01. The Kier molecular flexibility index (Phi) is 4.24. The van der Waals surface area contributed by atoms with Crippen LogP contribution in [0, 0.1) is 0 Å². The maximum Gasteiger partial charge on any atom is 0.186 e. The number of carbonyl (C=O) groups is 1. The molecule has 106 valence electrons. The van der Waals surface area contributed by atoms with Crippen LogP contribution in [0.4, 0.5) is 0 Å². The first kappa shape index (κ1) is 14.1. The van der Waals surface area contributed by atoms with E-state index in [0.29, 0.717) is 17.9 Å². The number of aryl methyl sites for hydroxylation is 1.